The minimum atomic E-state index is 0.670. The number of piperidine rings is 1. The van der Waals surface area contributed by atoms with Crippen molar-refractivity contribution in [3.8, 4) is 0 Å². The Kier molecular flexibility index (Phi) is 2.78. The first-order valence-corrected chi connectivity index (χ1v) is 3.79. The summed E-state index contributed by atoms with van der Waals surface area (Å²) in [6, 6.07) is 0.670. The summed E-state index contributed by atoms with van der Waals surface area (Å²) in [7, 11) is 0. The zero-order chi connectivity index (χ0) is 6.53. The molecule has 9 heavy (non-hydrogen) atoms. The highest BCUT2D eigenvalue weighted by Gasteiger charge is 2.06. The second-order valence-corrected chi connectivity index (χ2v) is 2.58. The van der Waals surface area contributed by atoms with Crippen molar-refractivity contribution in [2.24, 2.45) is 0 Å². The quantitative estimate of drug-likeness (QED) is 0.526. The Morgan fingerprint density at radius 1 is 1.44 bits per heavy atom. The van der Waals surface area contributed by atoms with Gasteiger partial charge in [0.1, 0.15) is 0 Å². The van der Waals surface area contributed by atoms with E-state index >= 15 is 0 Å². The molecule has 0 amide bonds. The third kappa shape index (κ3) is 2.19. The summed E-state index contributed by atoms with van der Waals surface area (Å²) in [6.45, 7) is 3.28. The molecule has 1 unspecified atom stereocenters. The third-order valence-electron chi connectivity index (χ3n) is 1.77. The Morgan fingerprint density at radius 2 is 2.33 bits per heavy atom. The number of allylic oxidation sites excluding steroid dienone is 1. The van der Waals surface area contributed by atoms with Gasteiger partial charge in [0.2, 0.25) is 0 Å². The minimum Gasteiger partial charge on any atom is -0.311 e. The van der Waals surface area contributed by atoms with Crippen molar-refractivity contribution in [3.63, 3.8) is 0 Å². The smallest absolute Gasteiger partial charge is 0.0249 e. The van der Waals surface area contributed by atoms with E-state index in [4.69, 9.17) is 0 Å². The zero-order valence-corrected chi connectivity index (χ0v) is 6.06. The molecule has 0 aromatic heterocycles. The van der Waals surface area contributed by atoms with Crippen LogP contribution in [0.4, 0.5) is 0 Å². The molecule has 1 atom stereocenters. The van der Waals surface area contributed by atoms with E-state index in [-0.39, 0.29) is 0 Å². The largest absolute Gasteiger partial charge is 0.311 e. The van der Waals surface area contributed by atoms with Crippen LogP contribution < -0.4 is 5.32 Å². The van der Waals surface area contributed by atoms with Crippen LogP contribution in [0, 0.1) is 0 Å². The molecule has 1 heteroatoms. The van der Waals surface area contributed by atoms with E-state index in [1.165, 1.54) is 25.8 Å². The molecule has 1 aliphatic heterocycles. The summed E-state index contributed by atoms with van der Waals surface area (Å²) in [5.74, 6) is 0. The molecule has 1 fully saturated rings. The highest BCUT2D eigenvalue weighted by molar-refractivity contribution is 4.92. The van der Waals surface area contributed by atoms with Crippen molar-refractivity contribution in [2.45, 2.75) is 32.2 Å². The number of rotatable bonds is 1. The molecule has 1 heterocycles. The van der Waals surface area contributed by atoms with Crippen LogP contribution in [0.5, 0.6) is 0 Å². The molecule has 1 aliphatic rings. The molecule has 52 valence electrons. The fourth-order valence-corrected chi connectivity index (χ4v) is 1.28. The first kappa shape index (κ1) is 6.81. The Labute approximate surface area is 57.1 Å². The molecule has 0 radical (unpaired) electrons. The van der Waals surface area contributed by atoms with Gasteiger partial charge in [-0.3, -0.25) is 0 Å². The summed E-state index contributed by atoms with van der Waals surface area (Å²) < 4.78 is 0. The Morgan fingerprint density at radius 3 is 2.89 bits per heavy atom. The van der Waals surface area contributed by atoms with Crippen molar-refractivity contribution < 1.29 is 0 Å². The molecular formula is C8H15N. The van der Waals surface area contributed by atoms with Gasteiger partial charge in [-0.1, -0.05) is 18.6 Å². The van der Waals surface area contributed by atoms with Gasteiger partial charge in [-0.15, -0.1) is 0 Å². The van der Waals surface area contributed by atoms with Crippen molar-refractivity contribution >= 4 is 0 Å². The molecule has 0 aromatic carbocycles. The molecule has 0 saturated carbocycles. The fraction of sp³-hybridized carbons (Fsp3) is 0.750. The van der Waals surface area contributed by atoms with Gasteiger partial charge >= 0.3 is 0 Å². The first-order chi connectivity index (χ1) is 4.43. The van der Waals surface area contributed by atoms with Crippen LogP contribution in [-0.4, -0.2) is 12.6 Å². The van der Waals surface area contributed by atoms with Gasteiger partial charge in [0, 0.05) is 6.04 Å². The van der Waals surface area contributed by atoms with Crippen LogP contribution in [0.2, 0.25) is 0 Å². The predicted octanol–water partition coefficient (Wildman–Crippen LogP) is 1.70. The highest BCUT2D eigenvalue weighted by Crippen LogP contribution is 2.07. The number of hydrogen-bond donors (Lipinski definition) is 1. The lowest BCUT2D eigenvalue weighted by molar-refractivity contribution is 0.454. The molecule has 0 aliphatic carbocycles. The minimum absolute atomic E-state index is 0.670. The second-order valence-electron chi connectivity index (χ2n) is 2.58. The Hall–Kier alpha value is -0.300. The maximum atomic E-state index is 3.43. The number of hydrogen-bond acceptors (Lipinski definition) is 1. The van der Waals surface area contributed by atoms with E-state index < -0.39 is 0 Å². The van der Waals surface area contributed by atoms with Crippen molar-refractivity contribution in [2.75, 3.05) is 6.54 Å². The highest BCUT2D eigenvalue weighted by atomic mass is 14.9. The van der Waals surface area contributed by atoms with Crippen molar-refractivity contribution in [1.29, 1.82) is 0 Å². The van der Waals surface area contributed by atoms with Gasteiger partial charge in [-0.2, -0.15) is 0 Å². The van der Waals surface area contributed by atoms with Gasteiger partial charge in [0.25, 0.3) is 0 Å². The predicted molar refractivity (Wildman–Crippen MR) is 40.5 cm³/mol. The molecule has 1 nitrogen and oxygen atoms in total. The Balaban J connectivity index is 2.23. The van der Waals surface area contributed by atoms with E-state index in [1.807, 2.05) is 0 Å². The summed E-state index contributed by atoms with van der Waals surface area (Å²) in [5, 5.41) is 3.43. The topological polar surface area (TPSA) is 12.0 Å². The summed E-state index contributed by atoms with van der Waals surface area (Å²) >= 11 is 0. The SMILES string of the molecule is CC=CC1CCCCN1. The average Bonchev–Trinajstić information content (AvgIpc) is 1.91. The van der Waals surface area contributed by atoms with Gasteiger partial charge in [0.15, 0.2) is 0 Å². The lowest BCUT2D eigenvalue weighted by Crippen LogP contribution is -2.31. The Bertz CT molecular complexity index is 90.7. The third-order valence-corrected chi connectivity index (χ3v) is 1.77. The van der Waals surface area contributed by atoms with E-state index in [1.54, 1.807) is 0 Å². The molecule has 0 aromatic rings. The van der Waals surface area contributed by atoms with Crippen LogP contribution in [0.1, 0.15) is 26.2 Å². The monoisotopic (exact) mass is 125 g/mol. The van der Waals surface area contributed by atoms with Gasteiger partial charge < -0.3 is 5.32 Å². The van der Waals surface area contributed by atoms with Gasteiger partial charge in [-0.05, 0) is 26.3 Å². The van der Waals surface area contributed by atoms with Crippen LogP contribution in [0.15, 0.2) is 12.2 Å². The molecule has 0 spiro atoms. The maximum absolute atomic E-state index is 3.43. The maximum Gasteiger partial charge on any atom is 0.0249 e. The normalized spacial score (nSPS) is 29.2. The van der Waals surface area contributed by atoms with E-state index in [0.29, 0.717) is 6.04 Å². The average molecular weight is 125 g/mol. The van der Waals surface area contributed by atoms with Crippen LogP contribution in [0.25, 0.3) is 0 Å². The summed E-state index contributed by atoms with van der Waals surface area (Å²) in [4.78, 5) is 0. The lowest BCUT2D eigenvalue weighted by Gasteiger charge is -2.19. The molecule has 1 N–H and O–H groups in total. The standard InChI is InChI=1S/C8H15N/c1-2-5-8-6-3-4-7-9-8/h2,5,8-9H,3-4,6-7H2,1H3. The molecule has 1 rings (SSSR count). The summed E-state index contributed by atoms with van der Waals surface area (Å²) in [6.07, 6.45) is 8.45. The zero-order valence-electron chi connectivity index (χ0n) is 6.06. The molecule has 1 saturated heterocycles. The van der Waals surface area contributed by atoms with Crippen LogP contribution in [-0.2, 0) is 0 Å². The van der Waals surface area contributed by atoms with Crippen molar-refractivity contribution in [3.05, 3.63) is 12.2 Å². The second kappa shape index (κ2) is 3.67. The lowest BCUT2D eigenvalue weighted by atomic mass is 10.1. The van der Waals surface area contributed by atoms with E-state index in [2.05, 4.69) is 24.4 Å². The van der Waals surface area contributed by atoms with Crippen molar-refractivity contribution in [1.82, 2.24) is 5.32 Å². The van der Waals surface area contributed by atoms with Crippen LogP contribution in [0.3, 0.4) is 0 Å². The van der Waals surface area contributed by atoms with E-state index in [9.17, 15) is 0 Å². The van der Waals surface area contributed by atoms with Gasteiger partial charge in [-0.25, -0.2) is 0 Å². The summed E-state index contributed by atoms with van der Waals surface area (Å²) in [5.41, 5.74) is 0. The number of nitrogens with one attached hydrogen (secondary N) is 1. The van der Waals surface area contributed by atoms with Crippen LogP contribution >= 0.6 is 0 Å². The molecular weight excluding hydrogens is 110 g/mol. The van der Waals surface area contributed by atoms with Gasteiger partial charge in [0.05, 0.1) is 0 Å². The molecule has 0 bridgehead atoms. The van der Waals surface area contributed by atoms with E-state index in [0.717, 1.165) is 0 Å². The first-order valence-electron chi connectivity index (χ1n) is 3.79. The fourth-order valence-electron chi connectivity index (χ4n) is 1.28.